The van der Waals surface area contributed by atoms with Crippen LogP contribution in [0.2, 0.25) is 0 Å². The summed E-state index contributed by atoms with van der Waals surface area (Å²) in [5, 5.41) is 0. The summed E-state index contributed by atoms with van der Waals surface area (Å²) in [6.07, 6.45) is 3.57. The SMILES string of the molecule is CC(C)(C)c1ccc(C2=C[C@](C)(c3ccc(C(C)(C)C)cc3)C2)cc1. The van der Waals surface area contributed by atoms with Gasteiger partial charge in [0.25, 0.3) is 0 Å². The Morgan fingerprint density at radius 3 is 1.48 bits per heavy atom. The topological polar surface area (TPSA) is 0 Å². The molecule has 0 unspecified atom stereocenters. The van der Waals surface area contributed by atoms with Gasteiger partial charge in [-0.3, -0.25) is 0 Å². The lowest BCUT2D eigenvalue weighted by atomic mass is 9.66. The van der Waals surface area contributed by atoms with Gasteiger partial charge in [-0.1, -0.05) is 103 Å². The first-order valence-electron chi connectivity index (χ1n) is 9.43. The van der Waals surface area contributed by atoms with Gasteiger partial charge in [0.15, 0.2) is 0 Å². The van der Waals surface area contributed by atoms with E-state index in [9.17, 15) is 0 Å². The van der Waals surface area contributed by atoms with E-state index in [4.69, 9.17) is 0 Å². The number of allylic oxidation sites excluding steroid dienone is 2. The summed E-state index contributed by atoms with van der Waals surface area (Å²) >= 11 is 0. The normalized spacial score (nSPS) is 20.8. The zero-order valence-corrected chi connectivity index (χ0v) is 16.9. The minimum absolute atomic E-state index is 0.175. The summed E-state index contributed by atoms with van der Waals surface area (Å²) in [5.41, 5.74) is 7.69. The summed E-state index contributed by atoms with van der Waals surface area (Å²) < 4.78 is 0. The molecular formula is C25H32. The van der Waals surface area contributed by atoms with Gasteiger partial charge in [-0.2, -0.15) is 0 Å². The van der Waals surface area contributed by atoms with Gasteiger partial charge in [0, 0.05) is 5.41 Å². The van der Waals surface area contributed by atoms with Crippen LogP contribution in [0.3, 0.4) is 0 Å². The van der Waals surface area contributed by atoms with Gasteiger partial charge in [0.1, 0.15) is 0 Å². The van der Waals surface area contributed by atoms with Crippen LogP contribution < -0.4 is 0 Å². The first-order chi connectivity index (χ1) is 11.5. The number of rotatable bonds is 2. The molecule has 2 aromatic rings. The Hall–Kier alpha value is -1.82. The Bertz CT molecular complexity index is 774. The Balaban J connectivity index is 1.80. The third-order valence-electron chi connectivity index (χ3n) is 5.58. The molecule has 2 aromatic carbocycles. The van der Waals surface area contributed by atoms with Crippen molar-refractivity contribution < 1.29 is 0 Å². The highest BCUT2D eigenvalue weighted by Gasteiger charge is 2.34. The predicted molar refractivity (Wildman–Crippen MR) is 110 cm³/mol. The molecule has 0 heteroatoms. The fourth-order valence-electron chi connectivity index (χ4n) is 3.66. The molecule has 0 bridgehead atoms. The molecule has 0 saturated carbocycles. The van der Waals surface area contributed by atoms with Crippen LogP contribution in [0, 0.1) is 0 Å². The quantitative estimate of drug-likeness (QED) is 0.554. The van der Waals surface area contributed by atoms with Crippen LogP contribution in [0.15, 0.2) is 54.6 Å². The van der Waals surface area contributed by atoms with Crippen LogP contribution in [0.5, 0.6) is 0 Å². The molecule has 0 aromatic heterocycles. The molecule has 0 radical (unpaired) electrons. The van der Waals surface area contributed by atoms with Crippen LogP contribution in [-0.2, 0) is 16.2 Å². The molecule has 0 heterocycles. The van der Waals surface area contributed by atoms with Crippen molar-refractivity contribution in [2.75, 3.05) is 0 Å². The number of hydrogen-bond donors (Lipinski definition) is 0. The third kappa shape index (κ3) is 3.59. The van der Waals surface area contributed by atoms with Gasteiger partial charge in [0.2, 0.25) is 0 Å². The van der Waals surface area contributed by atoms with Crippen LogP contribution in [-0.4, -0.2) is 0 Å². The van der Waals surface area contributed by atoms with E-state index in [1.807, 2.05) is 0 Å². The fourth-order valence-corrected chi connectivity index (χ4v) is 3.66. The Morgan fingerprint density at radius 2 is 1.08 bits per heavy atom. The van der Waals surface area contributed by atoms with E-state index in [-0.39, 0.29) is 16.2 Å². The first-order valence-corrected chi connectivity index (χ1v) is 9.43. The highest BCUT2D eigenvalue weighted by Crippen LogP contribution is 2.46. The Morgan fingerprint density at radius 1 is 0.680 bits per heavy atom. The van der Waals surface area contributed by atoms with Crippen molar-refractivity contribution in [2.24, 2.45) is 0 Å². The molecule has 0 amide bonds. The first kappa shape index (κ1) is 18.0. The Kier molecular flexibility index (Phi) is 4.22. The van der Waals surface area contributed by atoms with E-state index in [0.29, 0.717) is 0 Å². The summed E-state index contributed by atoms with van der Waals surface area (Å²) in [6.45, 7) is 16.0. The number of hydrogen-bond acceptors (Lipinski definition) is 0. The average Bonchev–Trinajstić information content (AvgIpc) is 2.50. The zero-order valence-electron chi connectivity index (χ0n) is 16.9. The zero-order chi connectivity index (χ0) is 18.5. The van der Waals surface area contributed by atoms with Gasteiger partial charge in [-0.25, -0.2) is 0 Å². The van der Waals surface area contributed by atoms with Gasteiger partial charge in [-0.15, -0.1) is 0 Å². The molecule has 0 spiro atoms. The lowest BCUT2D eigenvalue weighted by Gasteiger charge is -2.38. The van der Waals surface area contributed by atoms with Gasteiger partial charge < -0.3 is 0 Å². The highest BCUT2D eigenvalue weighted by molar-refractivity contribution is 5.75. The van der Waals surface area contributed by atoms with Crippen molar-refractivity contribution in [3.05, 3.63) is 76.9 Å². The van der Waals surface area contributed by atoms with Crippen molar-refractivity contribution in [1.29, 1.82) is 0 Å². The molecule has 1 aliphatic rings. The van der Waals surface area contributed by atoms with Gasteiger partial charge in [-0.05, 0) is 45.1 Å². The minimum atomic E-state index is 0.175. The summed E-state index contributed by atoms with van der Waals surface area (Å²) in [6, 6.07) is 18.4. The maximum Gasteiger partial charge on any atom is 0.0150 e. The van der Waals surface area contributed by atoms with Crippen molar-refractivity contribution in [1.82, 2.24) is 0 Å². The smallest absolute Gasteiger partial charge is 0.0150 e. The van der Waals surface area contributed by atoms with Crippen molar-refractivity contribution in [3.8, 4) is 0 Å². The average molecular weight is 333 g/mol. The van der Waals surface area contributed by atoms with E-state index in [2.05, 4.69) is 103 Å². The summed E-state index contributed by atoms with van der Waals surface area (Å²) in [4.78, 5) is 0. The fraction of sp³-hybridized carbons (Fsp3) is 0.440. The molecule has 25 heavy (non-hydrogen) atoms. The van der Waals surface area contributed by atoms with E-state index >= 15 is 0 Å². The molecule has 0 nitrogen and oxygen atoms in total. The van der Waals surface area contributed by atoms with Crippen LogP contribution in [0.25, 0.3) is 5.57 Å². The predicted octanol–water partition coefficient (Wildman–Crippen LogP) is 7.03. The Labute approximate surface area is 154 Å². The second-order valence-corrected chi connectivity index (χ2v) is 9.92. The van der Waals surface area contributed by atoms with E-state index in [1.54, 1.807) is 0 Å². The molecule has 132 valence electrons. The van der Waals surface area contributed by atoms with E-state index in [0.717, 1.165) is 6.42 Å². The maximum atomic E-state index is 2.45. The second kappa shape index (κ2) is 5.87. The van der Waals surface area contributed by atoms with Crippen molar-refractivity contribution >= 4 is 5.57 Å². The molecule has 1 aliphatic carbocycles. The van der Waals surface area contributed by atoms with Crippen LogP contribution in [0.1, 0.15) is 77.1 Å². The lowest BCUT2D eigenvalue weighted by Crippen LogP contribution is -2.28. The van der Waals surface area contributed by atoms with Gasteiger partial charge in [0.05, 0.1) is 0 Å². The molecule has 0 fully saturated rings. The standard InChI is InChI=1S/C25H32/c1-23(2,3)20-10-8-18(9-11-20)19-16-25(7,17-19)22-14-12-21(13-15-22)24(4,5)6/h8-16H,17H2,1-7H3/t25-/m0/s1. The monoisotopic (exact) mass is 332 g/mol. The molecule has 3 rings (SSSR count). The highest BCUT2D eigenvalue weighted by atomic mass is 14.4. The summed E-state index contributed by atoms with van der Waals surface area (Å²) in [7, 11) is 0. The minimum Gasteiger partial charge on any atom is -0.0700 e. The third-order valence-corrected chi connectivity index (χ3v) is 5.58. The summed E-state index contributed by atoms with van der Waals surface area (Å²) in [5.74, 6) is 0. The molecule has 0 aliphatic heterocycles. The largest absolute Gasteiger partial charge is 0.0700 e. The van der Waals surface area contributed by atoms with Crippen LogP contribution >= 0.6 is 0 Å². The molecule has 0 saturated heterocycles. The second-order valence-electron chi connectivity index (χ2n) is 9.92. The van der Waals surface area contributed by atoms with E-state index in [1.165, 1.54) is 27.8 Å². The van der Waals surface area contributed by atoms with E-state index < -0.39 is 0 Å². The van der Waals surface area contributed by atoms with Gasteiger partial charge >= 0.3 is 0 Å². The molecule has 0 N–H and O–H groups in total. The molecule has 1 atom stereocenters. The van der Waals surface area contributed by atoms with Crippen molar-refractivity contribution in [3.63, 3.8) is 0 Å². The lowest BCUT2D eigenvalue weighted by molar-refractivity contribution is 0.564. The van der Waals surface area contributed by atoms with Crippen LogP contribution in [0.4, 0.5) is 0 Å². The maximum absolute atomic E-state index is 2.45. The number of benzene rings is 2. The molecular weight excluding hydrogens is 300 g/mol. The van der Waals surface area contributed by atoms with Crippen molar-refractivity contribution in [2.45, 2.75) is 71.1 Å².